The maximum atomic E-state index is 11.4. The average molecular weight is 440 g/mol. The van der Waals surface area contributed by atoms with Gasteiger partial charge in [0.25, 0.3) is 0 Å². The van der Waals surface area contributed by atoms with E-state index in [-0.39, 0.29) is 6.10 Å². The van der Waals surface area contributed by atoms with Gasteiger partial charge < -0.3 is 15.3 Å². The maximum Gasteiger partial charge on any atom is 0.229 e. The van der Waals surface area contributed by atoms with Gasteiger partial charge in [-0.25, -0.2) is 13.4 Å². The molecule has 0 spiro atoms. The molecule has 1 aliphatic heterocycles. The fourth-order valence-corrected chi connectivity index (χ4v) is 4.03. The SMILES string of the molecule is CS(=O)(=O)Nc1ccc(Nc2nc(-c3ccccc3)cc(N3CCC(O)CC3)n2)cc1. The topological polar surface area (TPSA) is 107 Å². The van der Waals surface area contributed by atoms with Gasteiger partial charge in [0, 0.05) is 36.1 Å². The minimum atomic E-state index is -3.33. The number of nitrogens with zero attached hydrogens (tertiary/aromatic N) is 3. The van der Waals surface area contributed by atoms with Crippen LogP contribution in [0.1, 0.15) is 12.8 Å². The van der Waals surface area contributed by atoms with E-state index in [9.17, 15) is 13.5 Å². The number of aliphatic hydroxyl groups excluding tert-OH is 1. The van der Waals surface area contributed by atoms with E-state index in [1.54, 1.807) is 24.3 Å². The fourth-order valence-electron chi connectivity index (χ4n) is 3.47. The highest BCUT2D eigenvalue weighted by Gasteiger charge is 2.20. The Morgan fingerprint density at radius 2 is 1.61 bits per heavy atom. The van der Waals surface area contributed by atoms with E-state index in [1.165, 1.54) is 0 Å². The number of sulfonamides is 1. The number of benzene rings is 2. The van der Waals surface area contributed by atoms with Gasteiger partial charge >= 0.3 is 0 Å². The zero-order chi connectivity index (χ0) is 21.8. The van der Waals surface area contributed by atoms with Gasteiger partial charge in [-0.05, 0) is 37.1 Å². The van der Waals surface area contributed by atoms with Crippen molar-refractivity contribution in [2.45, 2.75) is 18.9 Å². The van der Waals surface area contributed by atoms with Gasteiger partial charge in [-0.2, -0.15) is 4.98 Å². The first-order valence-electron chi connectivity index (χ1n) is 10.1. The van der Waals surface area contributed by atoms with Crippen molar-refractivity contribution >= 4 is 33.2 Å². The smallest absolute Gasteiger partial charge is 0.229 e. The van der Waals surface area contributed by atoms with Crippen molar-refractivity contribution < 1.29 is 13.5 Å². The third-order valence-electron chi connectivity index (χ3n) is 5.01. The number of piperidine rings is 1. The third-order valence-corrected chi connectivity index (χ3v) is 5.62. The molecule has 0 radical (unpaired) electrons. The number of hydrogen-bond donors (Lipinski definition) is 3. The van der Waals surface area contributed by atoms with Gasteiger partial charge in [-0.1, -0.05) is 30.3 Å². The van der Waals surface area contributed by atoms with E-state index in [0.717, 1.165) is 42.1 Å². The number of rotatable bonds is 6. The minimum absolute atomic E-state index is 0.261. The molecule has 9 heteroatoms. The molecule has 0 atom stereocenters. The van der Waals surface area contributed by atoms with Crippen molar-refractivity contribution in [2.24, 2.45) is 0 Å². The van der Waals surface area contributed by atoms with Crippen LogP contribution in [0, 0.1) is 0 Å². The molecule has 2 aromatic carbocycles. The summed E-state index contributed by atoms with van der Waals surface area (Å²) in [5.74, 6) is 1.25. The van der Waals surface area contributed by atoms with E-state index < -0.39 is 10.0 Å². The quantitative estimate of drug-likeness (QED) is 0.541. The number of aliphatic hydroxyl groups is 1. The average Bonchev–Trinajstić information content (AvgIpc) is 2.75. The molecule has 1 saturated heterocycles. The molecule has 2 heterocycles. The number of nitrogens with one attached hydrogen (secondary N) is 2. The summed E-state index contributed by atoms with van der Waals surface area (Å²) in [5, 5.41) is 13.1. The van der Waals surface area contributed by atoms with Crippen LogP contribution in [0.25, 0.3) is 11.3 Å². The Hall–Kier alpha value is -3.17. The summed E-state index contributed by atoms with van der Waals surface area (Å²) < 4.78 is 25.2. The molecule has 31 heavy (non-hydrogen) atoms. The first-order valence-corrected chi connectivity index (χ1v) is 12.0. The van der Waals surface area contributed by atoms with Gasteiger partial charge in [0.2, 0.25) is 16.0 Å². The lowest BCUT2D eigenvalue weighted by atomic mass is 10.1. The molecule has 0 unspecified atom stereocenters. The Kier molecular flexibility index (Phi) is 6.06. The second kappa shape index (κ2) is 8.91. The van der Waals surface area contributed by atoms with Crippen LogP contribution in [0.3, 0.4) is 0 Å². The van der Waals surface area contributed by atoms with Crippen LogP contribution in [-0.2, 0) is 10.0 Å². The highest BCUT2D eigenvalue weighted by molar-refractivity contribution is 7.92. The second-order valence-corrected chi connectivity index (χ2v) is 9.34. The second-order valence-electron chi connectivity index (χ2n) is 7.60. The molecular weight excluding hydrogens is 414 g/mol. The van der Waals surface area contributed by atoms with Crippen LogP contribution >= 0.6 is 0 Å². The van der Waals surface area contributed by atoms with E-state index >= 15 is 0 Å². The summed E-state index contributed by atoms with van der Waals surface area (Å²) in [6, 6.07) is 18.8. The molecule has 0 aliphatic carbocycles. The first kappa shape index (κ1) is 21.1. The summed E-state index contributed by atoms with van der Waals surface area (Å²) >= 11 is 0. The molecule has 1 aromatic heterocycles. The summed E-state index contributed by atoms with van der Waals surface area (Å²) in [6.45, 7) is 1.47. The fraction of sp³-hybridized carbons (Fsp3) is 0.273. The van der Waals surface area contributed by atoms with Crippen molar-refractivity contribution in [2.75, 3.05) is 34.3 Å². The first-order chi connectivity index (χ1) is 14.9. The molecule has 3 N–H and O–H groups in total. The molecule has 0 amide bonds. The Morgan fingerprint density at radius 3 is 2.26 bits per heavy atom. The number of hydrogen-bond acceptors (Lipinski definition) is 7. The summed E-state index contributed by atoms with van der Waals surface area (Å²) in [5.41, 5.74) is 3.01. The van der Waals surface area contributed by atoms with Crippen molar-refractivity contribution in [3.8, 4) is 11.3 Å². The van der Waals surface area contributed by atoms with Crippen molar-refractivity contribution in [3.05, 3.63) is 60.7 Å². The third kappa shape index (κ3) is 5.71. The zero-order valence-corrected chi connectivity index (χ0v) is 18.0. The van der Waals surface area contributed by atoms with Gasteiger partial charge in [-0.15, -0.1) is 0 Å². The molecule has 0 bridgehead atoms. The molecular formula is C22H25N5O3S. The monoisotopic (exact) mass is 439 g/mol. The Morgan fingerprint density at radius 1 is 0.968 bits per heavy atom. The highest BCUT2D eigenvalue weighted by atomic mass is 32.2. The zero-order valence-electron chi connectivity index (χ0n) is 17.2. The highest BCUT2D eigenvalue weighted by Crippen LogP contribution is 2.27. The van der Waals surface area contributed by atoms with Gasteiger partial charge in [-0.3, -0.25) is 4.72 Å². The molecule has 4 rings (SSSR count). The molecule has 8 nitrogen and oxygen atoms in total. The van der Waals surface area contributed by atoms with Crippen LogP contribution < -0.4 is 14.9 Å². The van der Waals surface area contributed by atoms with Crippen LogP contribution in [0.5, 0.6) is 0 Å². The Bertz CT molecular complexity index is 1130. The Balaban J connectivity index is 1.62. The van der Waals surface area contributed by atoms with Gasteiger partial charge in [0.15, 0.2) is 0 Å². The molecule has 1 aliphatic rings. The minimum Gasteiger partial charge on any atom is -0.393 e. The summed E-state index contributed by atoms with van der Waals surface area (Å²) in [6.07, 6.45) is 2.27. The van der Waals surface area contributed by atoms with Crippen molar-refractivity contribution in [3.63, 3.8) is 0 Å². The molecule has 0 saturated carbocycles. The Labute approximate surface area is 182 Å². The van der Waals surface area contributed by atoms with E-state index in [2.05, 4.69) is 19.9 Å². The number of aromatic nitrogens is 2. The van der Waals surface area contributed by atoms with Crippen molar-refractivity contribution in [1.82, 2.24) is 9.97 Å². The largest absolute Gasteiger partial charge is 0.393 e. The molecule has 1 fully saturated rings. The number of anilines is 4. The molecule has 162 valence electrons. The van der Waals surface area contributed by atoms with Crippen LogP contribution in [0.4, 0.5) is 23.1 Å². The van der Waals surface area contributed by atoms with Gasteiger partial charge in [0.1, 0.15) is 5.82 Å². The summed E-state index contributed by atoms with van der Waals surface area (Å²) in [4.78, 5) is 11.5. The standard InChI is InChI=1S/C22H25N5O3S/c1-31(29,30)26-18-9-7-17(8-10-18)23-22-24-20(16-5-3-2-4-6-16)15-21(25-22)27-13-11-19(28)12-14-27/h2-10,15,19,26,28H,11-14H2,1H3,(H,23,24,25). The lowest BCUT2D eigenvalue weighted by Gasteiger charge is -2.30. The van der Waals surface area contributed by atoms with E-state index in [4.69, 9.17) is 4.98 Å². The van der Waals surface area contributed by atoms with Crippen molar-refractivity contribution in [1.29, 1.82) is 0 Å². The van der Waals surface area contributed by atoms with Crippen LogP contribution in [-0.4, -0.2) is 48.9 Å². The molecule has 3 aromatic rings. The lowest BCUT2D eigenvalue weighted by Crippen LogP contribution is -2.36. The van der Waals surface area contributed by atoms with E-state index in [1.807, 2.05) is 36.4 Å². The predicted octanol–water partition coefficient (Wildman–Crippen LogP) is 3.22. The van der Waals surface area contributed by atoms with Crippen LogP contribution in [0.15, 0.2) is 60.7 Å². The summed E-state index contributed by atoms with van der Waals surface area (Å²) in [7, 11) is -3.33. The predicted molar refractivity (Wildman–Crippen MR) is 123 cm³/mol. The normalized spacial score (nSPS) is 15.0. The van der Waals surface area contributed by atoms with E-state index in [0.29, 0.717) is 24.5 Å². The van der Waals surface area contributed by atoms with Crippen LogP contribution in [0.2, 0.25) is 0 Å². The van der Waals surface area contributed by atoms with Gasteiger partial charge in [0.05, 0.1) is 18.1 Å². The lowest BCUT2D eigenvalue weighted by molar-refractivity contribution is 0.145. The maximum absolute atomic E-state index is 11.4.